The van der Waals surface area contributed by atoms with Gasteiger partial charge in [0, 0.05) is 23.0 Å². The van der Waals surface area contributed by atoms with Gasteiger partial charge in [0.1, 0.15) is 0 Å². The Balaban J connectivity index is 2.13. The van der Waals surface area contributed by atoms with E-state index >= 15 is 0 Å². The lowest BCUT2D eigenvalue weighted by Gasteiger charge is -1.90. The van der Waals surface area contributed by atoms with Crippen molar-refractivity contribution < 1.29 is 4.92 Å². The molecular formula is C12H7ClN2O2S. The van der Waals surface area contributed by atoms with Crippen molar-refractivity contribution in [2.45, 2.75) is 0 Å². The molecule has 1 aromatic carbocycles. The molecule has 6 heteroatoms. The SMILES string of the molecule is O=[N+]([O-])c1ccc2[nH]c(-c3ccc(Cl)s3)cc2c1. The van der Waals surface area contributed by atoms with Gasteiger partial charge in [0.2, 0.25) is 0 Å². The average molecular weight is 279 g/mol. The summed E-state index contributed by atoms with van der Waals surface area (Å²) < 4.78 is 0.717. The minimum Gasteiger partial charge on any atom is -0.354 e. The molecule has 2 aromatic heterocycles. The molecule has 0 fully saturated rings. The van der Waals surface area contributed by atoms with Gasteiger partial charge in [0.15, 0.2) is 0 Å². The molecule has 0 aliphatic heterocycles. The van der Waals surface area contributed by atoms with Crippen molar-refractivity contribution in [1.29, 1.82) is 0 Å². The molecule has 0 saturated carbocycles. The fourth-order valence-corrected chi connectivity index (χ4v) is 2.84. The van der Waals surface area contributed by atoms with Crippen molar-refractivity contribution in [2.75, 3.05) is 0 Å². The lowest BCUT2D eigenvalue weighted by Crippen LogP contribution is -1.86. The van der Waals surface area contributed by atoms with Gasteiger partial charge in [-0.05, 0) is 24.3 Å². The van der Waals surface area contributed by atoms with Crippen LogP contribution in [0.3, 0.4) is 0 Å². The lowest BCUT2D eigenvalue weighted by atomic mass is 10.2. The van der Waals surface area contributed by atoms with Crippen LogP contribution in [0, 0.1) is 10.1 Å². The smallest absolute Gasteiger partial charge is 0.270 e. The Labute approximate surface area is 111 Å². The summed E-state index contributed by atoms with van der Waals surface area (Å²) in [6.07, 6.45) is 0. The van der Waals surface area contributed by atoms with Crippen molar-refractivity contribution in [3.05, 3.63) is 50.8 Å². The van der Waals surface area contributed by atoms with Crippen molar-refractivity contribution >= 4 is 39.5 Å². The van der Waals surface area contributed by atoms with E-state index in [4.69, 9.17) is 11.6 Å². The normalized spacial score (nSPS) is 10.9. The quantitative estimate of drug-likeness (QED) is 0.556. The molecule has 0 radical (unpaired) electrons. The van der Waals surface area contributed by atoms with Crippen molar-refractivity contribution in [3.8, 4) is 10.6 Å². The number of nitro groups is 1. The van der Waals surface area contributed by atoms with E-state index in [9.17, 15) is 10.1 Å². The zero-order valence-electron chi connectivity index (χ0n) is 9.01. The Kier molecular flexibility index (Phi) is 2.57. The number of aromatic amines is 1. The van der Waals surface area contributed by atoms with Gasteiger partial charge in [0.25, 0.3) is 5.69 Å². The summed E-state index contributed by atoms with van der Waals surface area (Å²) in [5.74, 6) is 0. The number of H-pyrrole nitrogens is 1. The van der Waals surface area contributed by atoms with Crippen LogP contribution in [0.4, 0.5) is 5.69 Å². The molecule has 0 saturated heterocycles. The monoisotopic (exact) mass is 278 g/mol. The first-order valence-corrected chi connectivity index (χ1v) is 6.36. The number of hydrogen-bond acceptors (Lipinski definition) is 3. The molecule has 0 atom stereocenters. The molecule has 4 nitrogen and oxygen atoms in total. The predicted octanol–water partition coefficient (Wildman–Crippen LogP) is 4.46. The van der Waals surface area contributed by atoms with Crippen molar-refractivity contribution in [3.63, 3.8) is 0 Å². The highest BCUT2D eigenvalue weighted by Crippen LogP contribution is 2.33. The molecule has 0 amide bonds. The fourth-order valence-electron chi connectivity index (χ4n) is 1.83. The molecule has 2 heterocycles. The van der Waals surface area contributed by atoms with E-state index in [0.717, 1.165) is 25.8 Å². The second-order valence-corrected chi connectivity index (χ2v) is 5.53. The van der Waals surface area contributed by atoms with Crippen LogP contribution < -0.4 is 0 Å². The molecule has 90 valence electrons. The summed E-state index contributed by atoms with van der Waals surface area (Å²) in [5, 5.41) is 11.5. The number of rotatable bonds is 2. The van der Waals surface area contributed by atoms with E-state index in [0.29, 0.717) is 0 Å². The van der Waals surface area contributed by atoms with Crippen LogP contribution in [0.2, 0.25) is 4.34 Å². The standard InChI is InChI=1S/C12H7ClN2O2S/c13-12-4-3-11(18-12)10-6-7-5-8(15(16)17)1-2-9(7)14-10/h1-6,14H. The number of nitrogens with zero attached hydrogens (tertiary/aromatic N) is 1. The molecule has 0 bridgehead atoms. The number of aromatic nitrogens is 1. The molecule has 0 aliphatic carbocycles. The highest BCUT2D eigenvalue weighted by atomic mass is 35.5. The fraction of sp³-hybridized carbons (Fsp3) is 0. The number of fused-ring (bicyclic) bond motifs is 1. The Bertz CT molecular complexity index is 747. The first-order valence-electron chi connectivity index (χ1n) is 5.16. The van der Waals surface area contributed by atoms with Gasteiger partial charge in [-0.2, -0.15) is 0 Å². The number of non-ortho nitro benzene ring substituents is 1. The van der Waals surface area contributed by atoms with Crippen LogP contribution >= 0.6 is 22.9 Å². The summed E-state index contributed by atoms with van der Waals surface area (Å²) >= 11 is 7.36. The number of nitrogens with one attached hydrogen (secondary N) is 1. The first kappa shape index (κ1) is 11.3. The Morgan fingerprint density at radius 2 is 2.06 bits per heavy atom. The second-order valence-electron chi connectivity index (χ2n) is 3.82. The number of hydrogen-bond donors (Lipinski definition) is 1. The minimum absolute atomic E-state index is 0.0947. The molecule has 0 spiro atoms. The molecule has 3 aromatic rings. The van der Waals surface area contributed by atoms with E-state index in [1.807, 2.05) is 18.2 Å². The Morgan fingerprint density at radius 1 is 1.22 bits per heavy atom. The minimum atomic E-state index is -0.395. The van der Waals surface area contributed by atoms with Gasteiger partial charge in [-0.25, -0.2) is 0 Å². The summed E-state index contributed by atoms with van der Waals surface area (Å²) in [6.45, 7) is 0. The Hall–Kier alpha value is -1.85. The molecular weight excluding hydrogens is 272 g/mol. The van der Waals surface area contributed by atoms with E-state index in [2.05, 4.69) is 4.98 Å². The maximum atomic E-state index is 10.7. The van der Waals surface area contributed by atoms with Gasteiger partial charge < -0.3 is 4.98 Å². The lowest BCUT2D eigenvalue weighted by molar-refractivity contribution is -0.384. The Morgan fingerprint density at radius 3 is 2.72 bits per heavy atom. The van der Waals surface area contributed by atoms with Crippen molar-refractivity contribution in [2.24, 2.45) is 0 Å². The average Bonchev–Trinajstić information content (AvgIpc) is 2.93. The summed E-state index contributed by atoms with van der Waals surface area (Å²) in [7, 11) is 0. The zero-order valence-corrected chi connectivity index (χ0v) is 10.6. The maximum absolute atomic E-state index is 10.7. The van der Waals surface area contributed by atoms with Gasteiger partial charge >= 0.3 is 0 Å². The van der Waals surface area contributed by atoms with Crippen LogP contribution in [0.15, 0.2) is 36.4 Å². The second kappa shape index (κ2) is 4.12. The molecule has 18 heavy (non-hydrogen) atoms. The maximum Gasteiger partial charge on any atom is 0.270 e. The highest BCUT2D eigenvalue weighted by Gasteiger charge is 2.10. The molecule has 0 aliphatic rings. The van der Waals surface area contributed by atoms with Crippen LogP contribution in [-0.4, -0.2) is 9.91 Å². The molecule has 0 unspecified atom stereocenters. The van der Waals surface area contributed by atoms with E-state index in [1.54, 1.807) is 12.1 Å². The van der Waals surface area contributed by atoms with Crippen LogP contribution in [-0.2, 0) is 0 Å². The van der Waals surface area contributed by atoms with Crippen LogP contribution in [0.5, 0.6) is 0 Å². The van der Waals surface area contributed by atoms with Gasteiger partial charge in [-0.3, -0.25) is 10.1 Å². The number of halogens is 1. The molecule has 3 rings (SSSR count). The van der Waals surface area contributed by atoms with Gasteiger partial charge in [-0.15, -0.1) is 11.3 Å². The first-order chi connectivity index (χ1) is 8.63. The predicted molar refractivity (Wildman–Crippen MR) is 73.3 cm³/mol. The zero-order chi connectivity index (χ0) is 12.7. The summed E-state index contributed by atoms with van der Waals surface area (Å²) in [5.41, 5.74) is 1.89. The molecule has 1 N–H and O–H groups in total. The van der Waals surface area contributed by atoms with E-state index in [-0.39, 0.29) is 5.69 Å². The summed E-state index contributed by atoms with van der Waals surface area (Å²) in [6, 6.07) is 10.4. The third-order valence-corrected chi connectivity index (χ3v) is 3.92. The highest BCUT2D eigenvalue weighted by molar-refractivity contribution is 7.19. The third-order valence-electron chi connectivity index (χ3n) is 2.65. The third kappa shape index (κ3) is 1.87. The number of nitro benzene ring substituents is 1. The number of benzene rings is 1. The topological polar surface area (TPSA) is 58.9 Å². The van der Waals surface area contributed by atoms with Crippen molar-refractivity contribution in [1.82, 2.24) is 4.98 Å². The van der Waals surface area contributed by atoms with Crippen LogP contribution in [0.25, 0.3) is 21.5 Å². The van der Waals surface area contributed by atoms with E-state index < -0.39 is 4.92 Å². The summed E-state index contributed by atoms with van der Waals surface area (Å²) in [4.78, 5) is 14.5. The van der Waals surface area contributed by atoms with Crippen LogP contribution in [0.1, 0.15) is 0 Å². The van der Waals surface area contributed by atoms with Gasteiger partial charge in [-0.1, -0.05) is 11.6 Å². The largest absolute Gasteiger partial charge is 0.354 e. The number of thiophene rings is 1. The van der Waals surface area contributed by atoms with Gasteiger partial charge in [0.05, 0.1) is 19.8 Å². The van der Waals surface area contributed by atoms with E-state index in [1.165, 1.54) is 17.4 Å².